The maximum Gasteiger partial charge on any atom is 0.308 e. The summed E-state index contributed by atoms with van der Waals surface area (Å²) < 4.78 is 15.6. The minimum absolute atomic E-state index is 0.00806. The molecule has 16 heavy (non-hydrogen) atoms. The lowest BCUT2D eigenvalue weighted by Gasteiger charge is -2.18. The monoisotopic (exact) mass is 232 g/mol. The van der Waals surface area contributed by atoms with E-state index in [1.54, 1.807) is 6.92 Å². The van der Waals surface area contributed by atoms with Crippen LogP contribution in [0.3, 0.4) is 0 Å². The Hall–Kier alpha value is -0.650. The number of rotatable bonds is 5. The smallest absolute Gasteiger partial charge is 0.308 e. The molecule has 0 saturated carbocycles. The lowest BCUT2D eigenvalue weighted by atomic mass is 10.1. The first kappa shape index (κ1) is 13.4. The van der Waals surface area contributed by atoms with E-state index >= 15 is 0 Å². The molecule has 1 rings (SSSR count). The molecule has 1 aliphatic rings. The molecule has 0 aromatic carbocycles. The van der Waals surface area contributed by atoms with Gasteiger partial charge < -0.3 is 19.3 Å². The second-order valence-corrected chi connectivity index (χ2v) is 4.35. The minimum atomic E-state index is -0.735. The van der Waals surface area contributed by atoms with E-state index in [1.165, 1.54) is 0 Å². The molecule has 0 aromatic rings. The Morgan fingerprint density at radius 1 is 1.62 bits per heavy atom. The fourth-order valence-corrected chi connectivity index (χ4v) is 1.68. The summed E-state index contributed by atoms with van der Waals surface area (Å²) >= 11 is 0. The maximum absolute atomic E-state index is 11.1. The summed E-state index contributed by atoms with van der Waals surface area (Å²) in [5.41, 5.74) is 0. The van der Waals surface area contributed by atoms with E-state index in [-0.39, 0.29) is 18.5 Å². The van der Waals surface area contributed by atoms with Gasteiger partial charge >= 0.3 is 5.97 Å². The fourth-order valence-electron chi connectivity index (χ4n) is 1.68. The van der Waals surface area contributed by atoms with Gasteiger partial charge in [0.2, 0.25) is 0 Å². The van der Waals surface area contributed by atoms with Crippen molar-refractivity contribution < 1.29 is 24.1 Å². The normalized spacial score (nSPS) is 25.4. The number of hydrogen-bond acceptors (Lipinski definition) is 5. The Kier molecular flexibility index (Phi) is 4.70. The molecule has 0 aromatic heterocycles. The van der Waals surface area contributed by atoms with E-state index in [2.05, 4.69) is 0 Å². The summed E-state index contributed by atoms with van der Waals surface area (Å²) in [6, 6.07) is 0. The largest absolute Gasteiger partial charge is 0.466 e. The SMILES string of the molecule is CCOC(=O)CC(O)CC1COC(C)(C)O1. The molecule has 1 saturated heterocycles. The molecule has 0 bridgehead atoms. The van der Waals surface area contributed by atoms with Crippen LogP contribution in [0.1, 0.15) is 33.6 Å². The van der Waals surface area contributed by atoms with Crippen LogP contribution in [0.2, 0.25) is 0 Å². The van der Waals surface area contributed by atoms with Gasteiger partial charge in [0.15, 0.2) is 5.79 Å². The molecule has 2 atom stereocenters. The van der Waals surface area contributed by atoms with Crippen LogP contribution in [0.4, 0.5) is 0 Å². The molecule has 0 spiro atoms. The van der Waals surface area contributed by atoms with Crippen LogP contribution in [-0.4, -0.2) is 42.3 Å². The summed E-state index contributed by atoms with van der Waals surface area (Å²) in [6.45, 7) is 6.17. The van der Waals surface area contributed by atoms with Crippen molar-refractivity contribution >= 4 is 5.97 Å². The topological polar surface area (TPSA) is 65.0 Å². The number of esters is 1. The van der Waals surface area contributed by atoms with Crippen LogP contribution >= 0.6 is 0 Å². The van der Waals surface area contributed by atoms with E-state index in [4.69, 9.17) is 14.2 Å². The Morgan fingerprint density at radius 3 is 2.81 bits per heavy atom. The molecule has 94 valence electrons. The van der Waals surface area contributed by atoms with Crippen LogP contribution in [0.5, 0.6) is 0 Å². The second kappa shape index (κ2) is 5.61. The molecule has 5 heteroatoms. The number of carbonyl (C=O) groups excluding carboxylic acids is 1. The molecular formula is C11H20O5. The van der Waals surface area contributed by atoms with E-state index in [9.17, 15) is 9.90 Å². The summed E-state index contributed by atoms with van der Waals surface area (Å²) in [7, 11) is 0. The average Bonchev–Trinajstić information content (AvgIpc) is 2.45. The average molecular weight is 232 g/mol. The summed E-state index contributed by atoms with van der Waals surface area (Å²) in [4.78, 5) is 11.1. The lowest BCUT2D eigenvalue weighted by molar-refractivity contribution is -0.148. The molecule has 0 aliphatic carbocycles. The number of hydrogen-bond donors (Lipinski definition) is 1. The first-order valence-corrected chi connectivity index (χ1v) is 5.58. The van der Waals surface area contributed by atoms with Gasteiger partial charge in [-0.15, -0.1) is 0 Å². The lowest BCUT2D eigenvalue weighted by Crippen LogP contribution is -2.25. The first-order valence-electron chi connectivity index (χ1n) is 5.58. The molecule has 1 heterocycles. The van der Waals surface area contributed by atoms with E-state index < -0.39 is 11.9 Å². The summed E-state index contributed by atoms with van der Waals surface area (Å²) in [6.07, 6.45) is -0.489. The predicted octanol–water partition coefficient (Wildman–Crippen LogP) is 0.842. The third kappa shape index (κ3) is 4.47. The third-order valence-corrected chi connectivity index (χ3v) is 2.31. The van der Waals surface area contributed by atoms with Gasteiger partial charge in [0.1, 0.15) is 0 Å². The Labute approximate surface area is 95.7 Å². The highest BCUT2D eigenvalue weighted by Crippen LogP contribution is 2.25. The number of carbonyl (C=O) groups is 1. The van der Waals surface area contributed by atoms with Gasteiger partial charge in [0.05, 0.1) is 31.8 Å². The quantitative estimate of drug-likeness (QED) is 0.712. The number of aliphatic hydroxyl groups is 1. The summed E-state index contributed by atoms with van der Waals surface area (Å²) in [5, 5.41) is 9.64. The zero-order valence-corrected chi connectivity index (χ0v) is 10.1. The van der Waals surface area contributed by atoms with Crippen molar-refractivity contribution in [3.63, 3.8) is 0 Å². The zero-order valence-electron chi connectivity index (χ0n) is 10.1. The van der Waals surface area contributed by atoms with E-state index in [0.29, 0.717) is 19.6 Å². The molecule has 1 N–H and O–H groups in total. The standard InChI is InChI=1S/C11H20O5/c1-4-14-10(13)6-8(12)5-9-7-15-11(2,3)16-9/h8-9,12H,4-7H2,1-3H3. The Bertz CT molecular complexity index is 239. The van der Waals surface area contributed by atoms with Gasteiger partial charge in [0, 0.05) is 6.42 Å². The van der Waals surface area contributed by atoms with Crippen molar-refractivity contribution in [3.8, 4) is 0 Å². The molecule has 1 aliphatic heterocycles. The van der Waals surface area contributed by atoms with Crippen molar-refractivity contribution in [1.29, 1.82) is 0 Å². The van der Waals surface area contributed by atoms with Crippen molar-refractivity contribution in [3.05, 3.63) is 0 Å². The third-order valence-electron chi connectivity index (χ3n) is 2.31. The molecule has 1 fully saturated rings. The van der Waals surface area contributed by atoms with Crippen LogP contribution in [-0.2, 0) is 19.0 Å². The first-order chi connectivity index (χ1) is 7.43. The van der Waals surface area contributed by atoms with Crippen LogP contribution in [0.25, 0.3) is 0 Å². The van der Waals surface area contributed by atoms with Gasteiger partial charge in [-0.2, -0.15) is 0 Å². The zero-order chi connectivity index (χ0) is 12.2. The van der Waals surface area contributed by atoms with Crippen LogP contribution < -0.4 is 0 Å². The van der Waals surface area contributed by atoms with E-state index in [0.717, 1.165) is 0 Å². The van der Waals surface area contributed by atoms with Crippen LogP contribution in [0.15, 0.2) is 0 Å². The summed E-state index contributed by atoms with van der Waals surface area (Å²) in [5.74, 6) is -0.970. The molecule has 2 unspecified atom stereocenters. The van der Waals surface area contributed by atoms with Crippen LogP contribution in [0, 0.1) is 0 Å². The maximum atomic E-state index is 11.1. The highest BCUT2D eigenvalue weighted by molar-refractivity contribution is 5.69. The van der Waals surface area contributed by atoms with Crippen molar-refractivity contribution in [2.24, 2.45) is 0 Å². The van der Waals surface area contributed by atoms with Gasteiger partial charge in [-0.3, -0.25) is 4.79 Å². The second-order valence-electron chi connectivity index (χ2n) is 4.35. The highest BCUT2D eigenvalue weighted by atomic mass is 16.7. The van der Waals surface area contributed by atoms with Gasteiger partial charge in [-0.05, 0) is 20.8 Å². The van der Waals surface area contributed by atoms with Gasteiger partial charge in [-0.1, -0.05) is 0 Å². The number of aliphatic hydroxyl groups excluding tert-OH is 1. The molecular weight excluding hydrogens is 212 g/mol. The van der Waals surface area contributed by atoms with Gasteiger partial charge in [0.25, 0.3) is 0 Å². The molecule has 5 nitrogen and oxygen atoms in total. The minimum Gasteiger partial charge on any atom is -0.466 e. The van der Waals surface area contributed by atoms with Crippen molar-refractivity contribution in [1.82, 2.24) is 0 Å². The number of ether oxygens (including phenoxy) is 3. The highest BCUT2D eigenvalue weighted by Gasteiger charge is 2.33. The van der Waals surface area contributed by atoms with Crippen molar-refractivity contribution in [2.45, 2.75) is 51.6 Å². The van der Waals surface area contributed by atoms with Crippen molar-refractivity contribution in [2.75, 3.05) is 13.2 Å². The molecule has 0 amide bonds. The fraction of sp³-hybridized carbons (Fsp3) is 0.909. The van der Waals surface area contributed by atoms with E-state index in [1.807, 2.05) is 13.8 Å². The molecule has 0 radical (unpaired) electrons. The predicted molar refractivity (Wildman–Crippen MR) is 56.8 cm³/mol. The Balaban J connectivity index is 2.24. The van der Waals surface area contributed by atoms with Gasteiger partial charge in [-0.25, -0.2) is 0 Å². The Morgan fingerprint density at radius 2 is 2.31 bits per heavy atom.